The van der Waals surface area contributed by atoms with Crippen molar-refractivity contribution >= 4 is 11.8 Å². The molecule has 0 unspecified atom stereocenters. The number of thioether (sulfide) groups is 1. The first kappa shape index (κ1) is 7.46. The number of hydrogen-bond donors (Lipinski definition) is 0. The Bertz CT molecular complexity index is 62.2. The monoisotopic (exact) mass is 143 g/mol. The predicted octanol–water partition coefficient (Wildman–Crippen LogP) is 3.23. The van der Waals surface area contributed by atoms with Crippen LogP contribution in [0.25, 0.3) is 0 Å². The van der Waals surface area contributed by atoms with Gasteiger partial charge < -0.3 is 0 Å². The zero-order valence-corrected chi connectivity index (χ0v) is 6.91. The topological polar surface area (TPSA) is 0 Å². The van der Waals surface area contributed by atoms with E-state index in [0.717, 1.165) is 5.25 Å². The van der Waals surface area contributed by atoms with Crippen LogP contribution in [0.5, 0.6) is 0 Å². The third-order valence-electron chi connectivity index (χ3n) is 1.88. The fourth-order valence-corrected chi connectivity index (χ4v) is 2.38. The predicted molar refractivity (Wildman–Crippen MR) is 44.4 cm³/mol. The molecule has 1 aliphatic rings. The second-order valence-electron chi connectivity index (χ2n) is 2.63. The summed E-state index contributed by atoms with van der Waals surface area (Å²) in [6, 6.07) is 0. The van der Waals surface area contributed by atoms with E-state index in [2.05, 4.69) is 12.7 Å². The van der Waals surface area contributed by atoms with Crippen molar-refractivity contribution in [3.05, 3.63) is 5.75 Å². The Kier molecular flexibility index (Phi) is 3.49. The van der Waals surface area contributed by atoms with E-state index in [1.807, 2.05) is 11.8 Å². The Morgan fingerprint density at radius 2 is 1.89 bits per heavy atom. The third kappa shape index (κ3) is 2.61. The molecular weight excluding hydrogens is 128 g/mol. The highest BCUT2D eigenvalue weighted by atomic mass is 32.2. The van der Waals surface area contributed by atoms with E-state index in [9.17, 15) is 0 Å². The van der Waals surface area contributed by atoms with E-state index < -0.39 is 0 Å². The van der Waals surface area contributed by atoms with Crippen molar-refractivity contribution in [2.24, 2.45) is 0 Å². The molecule has 53 valence electrons. The molecule has 0 aromatic heterocycles. The summed E-state index contributed by atoms with van der Waals surface area (Å²) in [6.45, 7) is 2.14. The average Bonchev–Trinajstić information content (AvgIpc) is 1.91. The van der Waals surface area contributed by atoms with Gasteiger partial charge in [0, 0.05) is 11.0 Å². The van der Waals surface area contributed by atoms with Gasteiger partial charge >= 0.3 is 0 Å². The van der Waals surface area contributed by atoms with Gasteiger partial charge in [0.25, 0.3) is 0 Å². The summed E-state index contributed by atoms with van der Waals surface area (Å²) < 4.78 is 0. The summed E-state index contributed by atoms with van der Waals surface area (Å²) in [5.41, 5.74) is 0. The molecule has 0 amide bonds. The van der Waals surface area contributed by atoms with Crippen LogP contribution in [0.15, 0.2) is 0 Å². The van der Waals surface area contributed by atoms with Gasteiger partial charge in [-0.3, -0.25) is 0 Å². The van der Waals surface area contributed by atoms with Crippen molar-refractivity contribution in [3.63, 3.8) is 0 Å². The Hall–Kier alpha value is 0.350. The first-order valence-corrected chi connectivity index (χ1v) is 4.81. The summed E-state index contributed by atoms with van der Waals surface area (Å²) in [4.78, 5) is 0. The van der Waals surface area contributed by atoms with Gasteiger partial charge in [-0.15, -0.1) is 0 Å². The van der Waals surface area contributed by atoms with Crippen molar-refractivity contribution in [1.82, 2.24) is 0 Å². The van der Waals surface area contributed by atoms with Crippen LogP contribution < -0.4 is 0 Å². The van der Waals surface area contributed by atoms with Crippen molar-refractivity contribution in [1.29, 1.82) is 0 Å². The van der Waals surface area contributed by atoms with E-state index >= 15 is 0 Å². The molecule has 0 aromatic carbocycles. The lowest BCUT2D eigenvalue weighted by atomic mass is 10.0. The third-order valence-corrected chi connectivity index (χ3v) is 3.01. The zero-order valence-electron chi connectivity index (χ0n) is 6.10. The van der Waals surface area contributed by atoms with Crippen LogP contribution >= 0.6 is 11.8 Å². The molecule has 1 fully saturated rings. The van der Waals surface area contributed by atoms with E-state index in [4.69, 9.17) is 0 Å². The highest BCUT2D eigenvalue weighted by Crippen LogP contribution is 2.29. The van der Waals surface area contributed by atoms with Crippen molar-refractivity contribution in [2.75, 3.05) is 0 Å². The van der Waals surface area contributed by atoms with Crippen LogP contribution in [-0.2, 0) is 0 Å². The summed E-state index contributed by atoms with van der Waals surface area (Å²) in [5.74, 6) is 2.23. The standard InChI is InChI=1S/C8H15S/c1-2-9-8-6-4-3-5-7-8/h2,8H,3-7H2,1H3. The van der Waals surface area contributed by atoms with Gasteiger partial charge in [-0.05, 0) is 12.8 Å². The largest absolute Gasteiger partial charge is 0.154 e. The lowest BCUT2D eigenvalue weighted by molar-refractivity contribution is 0.516. The number of hydrogen-bond acceptors (Lipinski definition) is 1. The molecule has 0 atom stereocenters. The average molecular weight is 143 g/mol. The second-order valence-corrected chi connectivity index (χ2v) is 4.04. The molecule has 1 radical (unpaired) electrons. The molecule has 9 heavy (non-hydrogen) atoms. The summed E-state index contributed by atoms with van der Waals surface area (Å²) in [5, 5.41) is 0.962. The molecule has 0 aromatic rings. The summed E-state index contributed by atoms with van der Waals surface area (Å²) in [6.07, 6.45) is 7.31. The van der Waals surface area contributed by atoms with E-state index in [-0.39, 0.29) is 0 Å². The Morgan fingerprint density at radius 3 is 2.44 bits per heavy atom. The van der Waals surface area contributed by atoms with Crippen LogP contribution in [0.4, 0.5) is 0 Å². The normalized spacial score (nSPS) is 22.3. The maximum absolute atomic E-state index is 2.23. The highest BCUT2D eigenvalue weighted by molar-refractivity contribution is 8.01. The molecule has 0 aliphatic heterocycles. The SMILES string of the molecule is C[CH]SC1CCCCC1. The van der Waals surface area contributed by atoms with Gasteiger partial charge in [-0.1, -0.05) is 26.2 Å². The van der Waals surface area contributed by atoms with Crippen LogP contribution in [0.3, 0.4) is 0 Å². The van der Waals surface area contributed by atoms with Crippen molar-refractivity contribution in [2.45, 2.75) is 44.3 Å². The molecule has 0 heterocycles. The molecule has 0 bridgehead atoms. The molecule has 1 heteroatoms. The minimum absolute atomic E-state index is 0.962. The second kappa shape index (κ2) is 4.21. The van der Waals surface area contributed by atoms with Gasteiger partial charge in [0.05, 0.1) is 0 Å². The zero-order chi connectivity index (χ0) is 6.53. The van der Waals surface area contributed by atoms with Gasteiger partial charge in [-0.2, -0.15) is 11.8 Å². The van der Waals surface area contributed by atoms with Gasteiger partial charge in [0.2, 0.25) is 0 Å². The van der Waals surface area contributed by atoms with Gasteiger partial charge in [-0.25, -0.2) is 0 Å². The van der Waals surface area contributed by atoms with E-state index in [1.54, 1.807) is 0 Å². The smallest absolute Gasteiger partial charge is 0.0138 e. The molecule has 0 N–H and O–H groups in total. The molecular formula is C8H15S. The fourth-order valence-electron chi connectivity index (χ4n) is 1.39. The number of rotatable bonds is 2. The van der Waals surface area contributed by atoms with E-state index in [0.29, 0.717) is 0 Å². The molecule has 0 nitrogen and oxygen atoms in total. The summed E-state index contributed by atoms with van der Waals surface area (Å²) in [7, 11) is 0. The quantitative estimate of drug-likeness (QED) is 0.572. The van der Waals surface area contributed by atoms with Crippen molar-refractivity contribution in [3.8, 4) is 0 Å². The van der Waals surface area contributed by atoms with Crippen LogP contribution in [0, 0.1) is 5.75 Å². The van der Waals surface area contributed by atoms with Crippen LogP contribution in [0.1, 0.15) is 39.0 Å². The lowest BCUT2D eigenvalue weighted by Gasteiger charge is -2.19. The first-order chi connectivity index (χ1) is 4.43. The van der Waals surface area contributed by atoms with E-state index in [1.165, 1.54) is 32.1 Å². The minimum atomic E-state index is 0.962. The lowest BCUT2D eigenvalue weighted by Crippen LogP contribution is -2.06. The fraction of sp³-hybridized carbons (Fsp3) is 0.875. The molecule has 0 spiro atoms. The molecule has 1 aliphatic carbocycles. The van der Waals surface area contributed by atoms with Crippen molar-refractivity contribution < 1.29 is 0 Å². The van der Waals surface area contributed by atoms with Gasteiger partial charge in [0.15, 0.2) is 0 Å². The summed E-state index contributed by atoms with van der Waals surface area (Å²) >= 11 is 2.03. The van der Waals surface area contributed by atoms with Gasteiger partial charge in [0.1, 0.15) is 0 Å². The maximum atomic E-state index is 2.23. The maximum Gasteiger partial charge on any atom is 0.0138 e. The van der Waals surface area contributed by atoms with Crippen LogP contribution in [0.2, 0.25) is 0 Å². The molecule has 0 saturated heterocycles. The van der Waals surface area contributed by atoms with Crippen LogP contribution in [-0.4, -0.2) is 5.25 Å². The highest BCUT2D eigenvalue weighted by Gasteiger charge is 2.11. The Morgan fingerprint density at radius 1 is 1.22 bits per heavy atom. The first-order valence-electron chi connectivity index (χ1n) is 3.87. The molecule has 1 saturated carbocycles. The molecule has 1 rings (SSSR count). The Labute approximate surface area is 62.4 Å². The Balaban J connectivity index is 2.08. The minimum Gasteiger partial charge on any atom is -0.154 e.